The van der Waals surface area contributed by atoms with Crippen LogP contribution < -0.4 is 15.8 Å². The van der Waals surface area contributed by atoms with Crippen molar-refractivity contribution >= 4 is 24.0 Å². The van der Waals surface area contributed by atoms with Crippen LogP contribution in [0, 0.1) is 5.92 Å². The maximum atomic E-state index is 12.1. The fourth-order valence-corrected chi connectivity index (χ4v) is 3.18. The largest absolute Gasteiger partial charge is 0.488 e. The van der Waals surface area contributed by atoms with Crippen LogP contribution in [0.25, 0.3) is 0 Å². The van der Waals surface area contributed by atoms with Gasteiger partial charge in [0.15, 0.2) is 0 Å². The van der Waals surface area contributed by atoms with Crippen LogP contribution in [-0.2, 0) is 9.53 Å². The summed E-state index contributed by atoms with van der Waals surface area (Å²) in [4.78, 5) is 12.1. The average molecular weight is 341 g/mol. The molecule has 1 aliphatic carbocycles. The van der Waals surface area contributed by atoms with Crippen molar-refractivity contribution in [2.45, 2.75) is 44.2 Å². The first-order chi connectivity index (χ1) is 10.7. The predicted molar refractivity (Wildman–Crippen MR) is 92.1 cm³/mol. The molecule has 2 aliphatic rings. The summed E-state index contributed by atoms with van der Waals surface area (Å²) in [6, 6.07) is 7.69. The number of hydrogen-bond donors (Lipinski definition) is 2. The van der Waals surface area contributed by atoms with Crippen molar-refractivity contribution in [1.82, 2.24) is 0 Å². The first-order valence-electron chi connectivity index (χ1n) is 8.10. The van der Waals surface area contributed by atoms with Crippen LogP contribution in [0.15, 0.2) is 24.3 Å². The molecule has 1 aromatic rings. The molecular formula is C17H25ClN2O3. The minimum Gasteiger partial charge on any atom is -0.488 e. The topological polar surface area (TPSA) is 73.6 Å². The number of carbonyl (C=O) groups is 1. The van der Waals surface area contributed by atoms with Crippen LogP contribution in [0.3, 0.4) is 0 Å². The number of carbonyl (C=O) groups excluding carboxylic acids is 1. The lowest BCUT2D eigenvalue weighted by molar-refractivity contribution is -0.117. The Hall–Kier alpha value is -1.30. The van der Waals surface area contributed by atoms with Gasteiger partial charge in [-0.05, 0) is 43.0 Å². The highest BCUT2D eigenvalue weighted by molar-refractivity contribution is 5.90. The molecule has 2 fully saturated rings. The third-order valence-corrected chi connectivity index (χ3v) is 4.49. The Morgan fingerprint density at radius 3 is 2.65 bits per heavy atom. The maximum absolute atomic E-state index is 12.1. The van der Waals surface area contributed by atoms with Crippen molar-refractivity contribution in [3.8, 4) is 5.75 Å². The maximum Gasteiger partial charge on any atom is 0.224 e. The van der Waals surface area contributed by atoms with E-state index in [0.29, 0.717) is 18.9 Å². The number of nitrogens with two attached hydrogens (primary N) is 1. The van der Waals surface area contributed by atoms with Crippen molar-refractivity contribution < 1.29 is 14.3 Å². The molecule has 0 bridgehead atoms. The molecule has 6 heteroatoms. The molecule has 1 aliphatic heterocycles. The fraction of sp³-hybridized carbons (Fsp3) is 0.588. The van der Waals surface area contributed by atoms with Gasteiger partial charge in [0.05, 0.1) is 13.2 Å². The summed E-state index contributed by atoms with van der Waals surface area (Å²) in [5.74, 6) is 1.18. The van der Waals surface area contributed by atoms with E-state index in [2.05, 4.69) is 5.32 Å². The molecule has 1 amide bonds. The SMILES string of the molecule is Cl.N[C@@H]1CCC[C@H]1CC(=O)Nc1ccc(OC2CCOC2)cc1. The molecule has 1 heterocycles. The molecule has 23 heavy (non-hydrogen) atoms. The summed E-state index contributed by atoms with van der Waals surface area (Å²) < 4.78 is 11.1. The Balaban J connectivity index is 0.00000192. The highest BCUT2D eigenvalue weighted by Crippen LogP contribution is 2.27. The summed E-state index contributed by atoms with van der Waals surface area (Å²) in [6.07, 6.45) is 4.82. The number of amides is 1. The molecule has 5 nitrogen and oxygen atoms in total. The average Bonchev–Trinajstić information content (AvgIpc) is 3.14. The van der Waals surface area contributed by atoms with Crippen molar-refractivity contribution in [2.24, 2.45) is 11.7 Å². The van der Waals surface area contributed by atoms with Gasteiger partial charge in [-0.15, -0.1) is 12.4 Å². The van der Waals surface area contributed by atoms with E-state index in [1.165, 1.54) is 0 Å². The second-order valence-electron chi connectivity index (χ2n) is 6.23. The highest BCUT2D eigenvalue weighted by Gasteiger charge is 2.26. The first kappa shape index (κ1) is 18.0. The highest BCUT2D eigenvalue weighted by atomic mass is 35.5. The van der Waals surface area contributed by atoms with Crippen LogP contribution >= 0.6 is 12.4 Å². The van der Waals surface area contributed by atoms with Gasteiger partial charge in [-0.25, -0.2) is 0 Å². The van der Waals surface area contributed by atoms with Crippen LogP contribution in [0.5, 0.6) is 5.75 Å². The molecule has 3 atom stereocenters. The van der Waals surface area contributed by atoms with Crippen LogP contribution in [0.1, 0.15) is 32.1 Å². The monoisotopic (exact) mass is 340 g/mol. The van der Waals surface area contributed by atoms with E-state index < -0.39 is 0 Å². The zero-order valence-electron chi connectivity index (χ0n) is 13.2. The molecule has 1 unspecified atom stereocenters. The van der Waals surface area contributed by atoms with E-state index in [0.717, 1.165) is 43.7 Å². The van der Waals surface area contributed by atoms with Crippen molar-refractivity contribution in [3.05, 3.63) is 24.3 Å². The summed E-state index contributed by atoms with van der Waals surface area (Å²) >= 11 is 0. The predicted octanol–water partition coefficient (Wildman–Crippen LogP) is 2.73. The molecule has 3 N–H and O–H groups in total. The zero-order chi connectivity index (χ0) is 15.4. The molecular weight excluding hydrogens is 316 g/mol. The van der Waals surface area contributed by atoms with E-state index in [9.17, 15) is 4.79 Å². The van der Waals surface area contributed by atoms with Gasteiger partial charge in [-0.3, -0.25) is 4.79 Å². The number of rotatable bonds is 5. The minimum absolute atomic E-state index is 0. The van der Waals surface area contributed by atoms with Gasteiger partial charge >= 0.3 is 0 Å². The standard InChI is InChI=1S/C17H24N2O3.ClH/c18-16-3-1-2-12(16)10-17(20)19-13-4-6-14(7-5-13)22-15-8-9-21-11-15;/h4-7,12,15-16H,1-3,8-11,18H2,(H,19,20);1H/t12-,15?,16+;/m0./s1. The Kier molecular flexibility index (Phi) is 6.69. The van der Waals surface area contributed by atoms with Crippen LogP contribution in [0.4, 0.5) is 5.69 Å². The first-order valence-corrected chi connectivity index (χ1v) is 8.10. The summed E-state index contributed by atoms with van der Waals surface area (Å²) in [6.45, 7) is 1.42. The fourth-order valence-electron chi connectivity index (χ4n) is 3.18. The van der Waals surface area contributed by atoms with E-state index in [-0.39, 0.29) is 30.5 Å². The van der Waals surface area contributed by atoms with Gasteiger partial charge in [0.25, 0.3) is 0 Å². The summed E-state index contributed by atoms with van der Waals surface area (Å²) in [7, 11) is 0. The van der Waals surface area contributed by atoms with Crippen molar-refractivity contribution in [2.75, 3.05) is 18.5 Å². The Morgan fingerprint density at radius 2 is 2.04 bits per heavy atom. The molecule has 0 aromatic heterocycles. The number of halogens is 1. The van der Waals surface area contributed by atoms with Crippen LogP contribution in [-0.4, -0.2) is 31.3 Å². The molecule has 3 rings (SSSR count). The molecule has 128 valence electrons. The Morgan fingerprint density at radius 1 is 1.26 bits per heavy atom. The molecule has 0 spiro atoms. The van der Waals surface area contributed by atoms with Crippen LogP contribution in [0.2, 0.25) is 0 Å². The number of hydrogen-bond acceptors (Lipinski definition) is 4. The second kappa shape index (κ2) is 8.52. The summed E-state index contributed by atoms with van der Waals surface area (Å²) in [5.41, 5.74) is 6.81. The quantitative estimate of drug-likeness (QED) is 0.864. The summed E-state index contributed by atoms with van der Waals surface area (Å²) in [5, 5.41) is 2.94. The van der Waals surface area contributed by atoms with Gasteiger partial charge in [-0.2, -0.15) is 0 Å². The Labute approximate surface area is 143 Å². The smallest absolute Gasteiger partial charge is 0.224 e. The van der Waals surface area contributed by atoms with E-state index in [4.69, 9.17) is 15.2 Å². The third-order valence-electron chi connectivity index (χ3n) is 4.49. The second-order valence-corrected chi connectivity index (χ2v) is 6.23. The number of benzene rings is 1. The van der Waals surface area contributed by atoms with Gasteiger partial charge in [0, 0.05) is 24.6 Å². The zero-order valence-corrected chi connectivity index (χ0v) is 14.0. The van der Waals surface area contributed by atoms with Gasteiger partial charge < -0.3 is 20.5 Å². The molecule has 1 saturated carbocycles. The van der Waals surface area contributed by atoms with Crippen molar-refractivity contribution in [3.63, 3.8) is 0 Å². The lowest BCUT2D eigenvalue weighted by Crippen LogP contribution is -2.28. The normalized spacial score (nSPS) is 26.6. The van der Waals surface area contributed by atoms with Gasteiger partial charge in [0.2, 0.25) is 5.91 Å². The van der Waals surface area contributed by atoms with E-state index in [1.54, 1.807) is 0 Å². The van der Waals surface area contributed by atoms with Gasteiger partial charge in [-0.1, -0.05) is 6.42 Å². The van der Waals surface area contributed by atoms with Gasteiger partial charge in [0.1, 0.15) is 11.9 Å². The van der Waals surface area contributed by atoms with E-state index >= 15 is 0 Å². The third kappa shape index (κ3) is 5.09. The minimum atomic E-state index is 0. The molecule has 1 aromatic carbocycles. The van der Waals surface area contributed by atoms with Crippen molar-refractivity contribution in [1.29, 1.82) is 0 Å². The number of ether oxygens (including phenoxy) is 2. The lowest BCUT2D eigenvalue weighted by Gasteiger charge is -2.15. The molecule has 0 radical (unpaired) electrons. The van der Waals surface area contributed by atoms with E-state index in [1.807, 2.05) is 24.3 Å². The number of anilines is 1. The lowest BCUT2D eigenvalue weighted by atomic mass is 10.00. The Bertz CT molecular complexity index is 503. The molecule has 1 saturated heterocycles. The number of nitrogens with one attached hydrogen (secondary N) is 1.